The molecule has 0 radical (unpaired) electrons. The Kier molecular flexibility index (Phi) is 3.64. The molecule has 0 fully saturated rings. The maximum Gasteiger partial charge on any atom is 0.411 e. The molecule has 0 saturated carbocycles. The van der Waals surface area contributed by atoms with E-state index in [2.05, 4.69) is 15.3 Å². The first-order valence-electron chi connectivity index (χ1n) is 5.07. The molecule has 0 bridgehead atoms. The SMILES string of the molecule is O=C(Nc1ccncc1)OCc1cccnc1. The number of rotatable bonds is 3. The maximum absolute atomic E-state index is 11.4. The van der Waals surface area contributed by atoms with Crippen molar-refractivity contribution in [3.63, 3.8) is 0 Å². The van der Waals surface area contributed by atoms with E-state index in [1.165, 1.54) is 0 Å². The van der Waals surface area contributed by atoms with Crippen molar-refractivity contribution in [3.8, 4) is 0 Å². The zero-order chi connectivity index (χ0) is 11.9. The number of nitrogens with zero attached hydrogens (tertiary/aromatic N) is 2. The van der Waals surface area contributed by atoms with Gasteiger partial charge >= 0.3 is 6.09 Å². The van der Waals surface area contributed by atoms with Crippen LogP contribution in [0, 0.1) is 0 Å². The van der Waals surface area contributed by atoms with Crippen molar-refractivity contribution in [2.75, 3.05) is 5.32 Å². The third-order valence-corrected chi connectivity index (χ3v) is 2.02. The monoisotopic (exact) mass is 229 g/mol. The number of nitrogens with one attached hydrogen (secondary N) is 1. The van der Waals surface area contributed by atoms with Gasteiger partial charge in [-0.2, -0.15) is 0 Å². The Balaban J connectivity index is 1.83. The van der Waals surface area contributed by atoms with Crippen molar-refractivity contribution < 1.29 is 9.53 Å². The first kappa shape index (κ1) is 11.1. The minimum atomic E-state index is -0.500. The minimum Gasteiger partial charge on any atom is -0.444 e. The summed E-state index contributed by atoms with van der Waals surface area (Å²) in [5.41, 5.74) is 1.49. The Morgan fingerprint density at radius 2 is 2.00 bits per heavy atom. The molecule has 1 N–H and O–H groups in total. The van der Waals surface area contributed by atoms with E-state index in [-0.39, 0.29) is 6.61 Å². The topological polar surface area (TPSA) is 64.1 Å². The van der Waals surface area contributed by atoms with Gasteiger partial charge in [0.15, 0.2) is 0 Å². The van der Waals surface area contributed by atoms with Gasteiger partial charge in [0.05, 0.1) is 0 Å². The normalized spacial score (nSPS) is 9.65. The van der Waals surface area contributed by atoms with E-state index in [1.54, 1.807) is 43.0 Å². The summed E-state index contributed by atoms with van der Waals surface area (Å²) in [5.74, 6) is 0. The van der Waals surface area contributed by atoms with Crippen molar-refractivity contribution in [2.24, 2.45) is 0 Å². The van der Waals surface area contributed by atoms with Gasteiger partial charge in [0.2, 0.25) is 0 Å². The molecule has 0 atom stereocenters. The number of hydrogen-bond acceptors (Lipinski definition) is 4. The zero-order valence-corrected chi connectivity index (χ0v) is 9.04. The summed E-state index contributed by atoms with van der Waals surface area (Å²) >= 11 is 0. The van der Waals surface area contributed by atoms with Gasteiger partial charge < -0.3 is 4.74 Å². The molecule has 0 aliphatic carbocycles. The largest absolute Gasteiger partial charge is 0.444 e. The lowest BCUT2D eigenvalue weighted by Gasteiger charge is -2.06. The first-order valence-corrected chi connectivity index (χ1v) is 5.07. The van der Waals surface area contributed by atoms with Crippen molar-refractivity contribution in [1.29, 1.82) is 0 Å². The molecular weight excluding hydrogens is 218 g/mol. The number of hydrogen-bond donors (Lipinski definition) is 1. The molecular formula is C12H11N3O2. The second-order valence-corrected chi connectivity index (χ2v) is 3.30. The van der Waals surface area contributed by atoms with Gasteiger partial charge in [-0.05, 0) is 18.2 Å². The Labute approximate surface area is 98.5 Å². The number of ether oxygens (including phenoxy) is 1. The molecule has 0 spiro atoms. The third kappa shape index (κ3) is 3.57. The van der Waals surface area contributed by atoms with Gasteiger partial charge in [0.25, 0.3) is 0 Å². The van der Waals surface area contributed by atoms with Crippen LogP contribution in [-0.4, -0.2) is 16.1 Å². The minimum absolute atomic E-state index is 0.199. The Hall–Kier alpha value is -2.43. The standard InChI is InChI=1S/C12H11N3O2/c16-12(15-11-3-6-13-7-4-11)17-9-10-2-1-5-14-8-10/h1-8H,9H2,(H,13,15,16). The van der Waals surface area contributed by atoms with Crippen LogP contribution in [0.1, 0.15) is 5.56 Å². The molecule has 0 aromatic carbocycles. The fourth-order valence-corrected chi connectivity index (χ4v) is 1.22. The number of amides is 1. The van der Waals surface area contributed by atoms with Crippen LogP contribution in [0.25, 0.3) is 0 Å². The zero-order valence-electron chi connectivity index (χ0n) is 9.04. The summed E-state index contributed by atoms with van der Waals surface area (Å²) in [6.45, 7) is 0.199. The number of carbonyl (C=O) groups excluding carboxylic acids is 1. The predicted octanol–water partition coefficient (Wildman–Crippen LogP) is 2.23. The molecule has 2 rings (SSSR count). The van der Waals surface area contributed by atoms with Crippen LogP contribution in [0.4, 0.5) is 10.5 Å². The Bertz CT molecular complexity index is 474. The molecule has 0 aliphatic rings. The second kappa shape index (κ2) is 5.60. The van der Waals surface area contributed by atoms with Crippen LogP contribution in [-0.2, 0) is 11.3 Å². The van der Waals surface area contributed by atoms with Crippen LogP contribution >= 0.6 is 0 Å². The maximum atomic E-state index is 11.4. The molecule has 2 aromatic rings. The molecule has 17 heavy (non-hydrogen) atoms. The Morgan fingerprint density at radius 3 is 2.71 bits per heavy atom. The smallest absolute Gasteiger partial charge is 0.411 e. The molecule has 0 unspecified atom stereocenters. The van der Waals surface area contributed by atoms with Crippen LogP contribution in [0.15, 0.2) is 49.1 Å². The van der Waals surface area contributed by atoms with Gasteiger partial charge in [-0.3, -0.25) is 15.3 Å². The summed E-state index contributed by atoms with van der Waals surface area (Å²) in [7, 11) is 0. The summed E-state index contributed by atoms with van der Waals surface area (Å²) in [6.07, 6.45) is 6.01. The predicted molar refractivity (Wildman–Crippen MR) is 62.3 cm³/mol. The van der Waals surface area contributed by atoms with Gasteiger partial charge in [-0.1, -0.05) is 6.07 Å². The van der Waals surface area contributed by atoms with Crippen molar-refractivity contribution >= 4 is 11.8 Å². The molecule has 0 saturated heterocycles. The highest BCUT2D eigenvalue weighted by molar-refractivity contribution is 5.84. The summed E-state index contributed by atoms with van der Waals surface area (Å²) in [5, 5.41) is 2.59. The van der Waals surface area contributed by atoms with Crippen molar-refractivity contribution in [3.05, 3.63) is 54.6 Å². The Morgan fingerprint density at radius 1 is 1.18 bits per heavy atom. The molecule has 86 valence electrons. The highest BCUT2D eigenvalue weighted by atomic mass is 16.5. The van der Waals surface area contributed by atoms with E-state index in [4.69, 9.17) is 4.74 Å². The quantitative estimate of drug-likeness (QED) is 0.876. The van der Waals surface area contributed by atoms with Gasteiger partial charge in [0.1, 0.15) is 6.61 Å². The molecule has 2 aromatic heterocycles. The number of carbonyl (C=O) groups is 1. The average Bonchev–Trinajstić information content (AvgIpc) is 2.39. The number of anilines is 1. The van der Waals surface area contributed by atoms with Gasteiger partial charge in [-0.15, -0.1) is 0 Å². The van der Waals surface area contributed by atoms with E-state index in [9.17, 15) is 4.79 Å². The number of aromatic nitrogens is 2. The summed E-state index contributed by atoms with van der Waals surface area (Å²) < 4.78 is 5.02. The summed E-state index contributed by atoms with van der Waals surface area (Å²) in [4.78, 5) is 19.2. The van der Waals surface area contributed by atoms with Crippen molar-refractivity contribution in [1.82, 2.24) is 9.97 Å². The average molecular weight is 229 g/mol. The first-order chi connectivity index (χ1) is 8.34. The highest BCUT2D eigenvalue weighted by Crippen LogP contribution is 2.05. The van der Waals surface area contributed by atoms with E-state index in [0.717, 1.165) is 5.56 Å². The van der Waals surface area contributed by atoms with E-state index in [0.29, 0.717) is 5.69 Å². The van der Waals surface area contributed by atoms with E-state index >= 15 is 0 Å². The highest BCUT2D eigenvalue weighted by Gasteiger charge is 2.02. The van der Waals surface area contributed by atoms with Crippen LogP contribution in [0.2, 0.25) is 0 Å². The van der Waals surface area contributed by atoms with Crippen LogP contribution in [0.5, 0.6) is 0 Å². The summed E-state index contributed by atoms with van der Waals surface area (Å²) in [6, 6.07) is 7.00. The molecule has 1 amide bonds. The third-order valence-electron chi connectivity index (χ3n) is 2.02. The fraction of sp³-hybridized carbons (Fsp3) is 0.0833. The van der Waals surface area contributed by atoms with Crippen LogP contribution < -0.4 is 5.32 Å². The van der Waals surface area contributed by atoms with E-state index < -0.39 is 6.09 Å². The molecule has 5 heteroatoms. The van der Waals surface area contributed by atoms with E-state index in [1.807, 2.05) is 6.07 Å². The molecule has 5 nitrogen and oxygen atoms in total. The van der Waals surface area contributed by atoms with Crippen LogP contribution in [0.3, 0.4) is 0 Å². The fourth-order valence-electron chi connectivity index (χ4n) is 1.22. The van der Waals surface area contributed by atoms with Crippen molar-refractivity contribution in [2.45, 2.75) is 6.61 Å². The van der Waals surface area contributed by atoms with Gasteiger partial charge in [0, 0.05) is 36.0 Å². The number of pyridine rings is 2. The van der Waals surface area contributed by atoms with Gasteiger partial charge in [-0.25, -0.2) is 4.79 Å². The lowest BCUT2D eigenvalue weighted by Crippen LogP contribution is -2.13. The molecule has 2 heterocycles. The lowest BCUT2D eigenvalue weighted by molar-refractivity contribution is 0.155. The lowest BCUT2D eigenvalue weighted by atomic mass is 10.3. The second-order valence-electron chi connectivity index (χ2n) is 3.30. The molecule has 0 aliphatic heterocycles.